The summed E-state index contributed by atoms with van der Waals surface area (Å²) in [7, 11) is 1.71. The summed E-state index contributed by atoms with van der Waals surface area (Å²) in [5.74, 6) is 8.12. The van der Waals surface area contributed by atoms with E-state index < -0.39 is 0 Å². The third-order valence-electron chi connectivity index (χ3n) is 5.75. The first-order chi connectivity index (χ1) is 17.0. The van der Waals surface area contributed by atoms with Gasteiger partial charge in [0.05, 0.1) is 24.1 Å². The van der Waals surface area contributed by atoms with Gasteiger partial charge in [-0.15, -0.1) is 0 Å². The van der Waals surface area contributed by atoms with Crippen molar-refractivity contribution >= 4 is 11.6 Å². The second-order valence-corrected chi connectivity index (χ2v) is 8.48. The molecule has 1 aliphatic carbocycles. The molecule has 0 amide bonds. The van der Waals surface area contributed by atoms with Crippen molar-refractivity contribution in [3.05, 3.63) is 65.9 Å². The summed E-state index contributed by atoms with van der Waals surface area (Å²) in [6.45, 7) is 2.15. The Morgan fingerprint density at radius 2 is 1.86 bits per heavy atom. The highest BCUT2D eigenvalue weighted by atomic mass is 16.5. The topological polar surface area (TPSA) is 137 Å². The van der Waals surface area contributed by atoms with E-state index in [4.69, 9.17) is 21.1 Å². The molecule has 3 aromatic rings. The largest absolute Gasteiger partial charge is 0.473 e. The number of nitrogens with two attached hydrogens (primary N) is 2. The minimum Gasteiger partial charge on any atom is -0.473 e. The number of rotatable bonds is 9. The number of ether oxygens (including phenoxy) is 2. The highest BCUT2D eigenvalue weighted by Gasteiger charge is 2.18. The van der Waals surface area contributed by atoms with Crippen LogP contribution in [0, 0.1) is 6.92 Å². The van der Waals surface area contributed by atoms with Crippen molar-refractivity contribution in [2.75, 3.05) is 18.9 Å². The zero-order chi connectivity index (χ0) is 24.6. The molecular formula is C25H32N8O2. The lowest BCUT2D eigenvalue weighted by Crippen LogP contribution is -2.32. The molecule has 1 aromatic carbocycles. The summed E-state index contributed by atoms with van der Waals surface area (Å²) < 4.78 is 11.9. The second kappa shape index (κ2) is 11.5. The van der Waals surface area contributed by atoms with E-state index in [1.165, 1.54) is 24.3 Å². The van der Waals surface area contributed by atoms with Crippen LogP contribution < -0.4 is 26.4 Å². The quantitative estimate of drug-likeness (QED) is 0.310. The van der Waals surface area contributed by atoms with Crippen molar-refractivity contribution in [2.24, 2.45) is 11.6 Å². The van der Waals surface area contributed by atoms with Gasteiger partial charge in [0.25, 0.3) is 0 Å². The molecule has 184 valence electrons. The van der Waals surface area contributed by atoms with Gasteiger partial charge < -0.3 is 25.5 Å². The first-order valence-corrected chi connectivity index (χ1v) is 11.8. The van der Waals surface area contributed by atoms with E-state index in [1.807, 2.05) is 37.3 Å². The molecule has 2 aromatic heterocycles. The average Bonchev–Trinajstić information content (AvgIpc) is 2.86. The van der Waals surface area contributed by atoms with Gasteiger partial charge in [0.2, 0.25) is 17.7 Å². The number of hydrogen-bond acceptors (Lipinski definition) is 10. The fraction of sp³-hybridized carbons (Fsp3) is 0.360. The number of benzene rings is 1. The van der Waals surface area contributed by atoms with E-state index in [-0.39, 0.29) is 12.6 Å². The summed E-state index contributed by atoms with van der Waals surface area (Å²) in [5.41, 5.74) is 8.67. The standard InChI is InChI=1S/C25H32N8O2/c1-17-24(35-19-11-7-4-8-12-19)29-15-20(31-17)23(26)21(33(2)27)16-30-25-28-14-13-22(32-25)34-18-9-5-3-6-10-18/h3,5-6,9-10,13-15,19H,4,7-8,11-12,16,26-27H2,1-2H3,(H,28,30,32)/b23-21-. The van der Waals surface area contributed by atoms with E-state index in [2.05, 4.69) is 25.3 Å². The zero-order valence-electron chi connectivity index (χ0n) is 20.1. The molecule has 2 heterocycles. The van der Waals surface area contributed by atoms with Gasteiger partial charge in [-0.2, -0.15) is 4.98 Å². The second-order valence-electron chi connectivity index (χ2n) is 8.48. The normalized spacial score (nSPS) is 14.7. The molecule has 4 rings (SSSR count). The van der Waals surface area contributed by atoms with Crippen molar-refractivity contribution in [3.8, 4) is 17.5 Å². The Bertz CT molecular complexity index is 1150. The smallest absolute Gasteiger partial charge is 0.235 e. The van der Waals surface area contributed by atoms with Crippen LogP contribution >= 0.6 is 0 Å². The van der Waals surface area contributed by atoms with Crippen LogP contribution in [0.15, 0.2) is 54.5 Å². The number of hydrazine groups is 1. The maximum atomic E-state index is 6.45. The molecule has 5 N–H and O–H groups in total. The maximum absolute atomic E-state index is 6.45. The van der Waals surface area contributed by atoms with Gasteiger partial charge in [-0.3, -0.25) is 0 Å². The maximum Gasteiger partial charge on any atom is 0.235 e. The number of aromatic nitrogens is 4. The predicted molar refractivity (Wildman–Crippen MR) is 134 cm³/mol. The predicted octanol–water partition coefficient (Wildman–Crippen LogP) is 3.62. The molecule has 35 heavy (non-hydrogen) atoms. The minimum atomic E-state index is 0.201. The van der Waals surface area contributed by atoms with Gasteiger partial charge in [0.15, 0.2) is 0 Å². The molecular weight excluding hydrogens is 444 g/mol. The van der Waals surface area contributed by atoms with Crippen LogP contribution in [-0.2, 0) is 0 Å². The van der Waals surface area contributed by atoms with Crippen molar-refractivity contribution in [1.82, 2.24) is 24.9 Å². The number of anilines is 1. The van der Waals surface area contributed by atoms with Crippen LogP contribution in [0.2, 0.25) is 0 Å². The van der Waals surface area contributed by atoms with E-state index in [1.54, 1.807) is 25.5 Å². The summed E-state index contributed by atoms with van der Waals surface area (Å²) in [6, 6.07) is 11.1. The SMILES string of the molecule is Cc1nc(/C(N)=C(\CNc2nccc(Oc3ccccc3)n2)N(C)N)cnc1OC1CCCCC1. The number of nitrogens with zero attached hydrogens (tertiary/aromatic N) is 5. The summed E-state index contributed by atoms with van der Waals surface area (Å²) in [6.07, 6.45) is 9.19. The van der Waals surface area contributed by atoms with Gasteiger partial charge in [-0.1, -0.05) is 24.6 Å². The molecule has 0 radical (unpaired) electrons. The minimum absolute atomic E-state index is 0.201. The molecule has 1 aliphatic rings. The lowest BCUT2D eigenvalue weighted by molar-refractivity contribution is 0.147. The van der Waals surface area contributed by atoms with Crippen LogP contribution in [0.5, 0.6) is 17.5 Å². The Morgan fingerprint density at radius 3 is 2.57 bits per heavy atom. The molecule has 0 unspecified atom stereocenters. The number of para-hydroxylation sites is 1. The monoisotopic (exact) mass is 476 g/mol. The van der Waals surface area contributed by atoms with Gasteiger partial charge in [0, 0.05) is 19.3 Å². The summed E-state index contributed by atoms with van der Waals surface area (Å²) in [4.78, 5) is 17.8. The number of aryl methyl sites for hydroxylation is 1. The Kier molecular flexibility index (Phi) is 7.94. The fourth-order valence-electron chi connectivity index (χ4n) is 3.87. The lowest BCUT2D eigenvalue weighted by atomic mass is 9.98. The van der Waals surface area contributed by atoms with Gasteiger partial charge >= 0.3 is 0 Å². The molecule has 0 saturated heterocycles. The summed E-state index contributed by atoms with van der Waals surface area (Å²) >= 11 is 0. The average molecular weight is 477 g/mol. The van der Waals surface area contributed by atoms with Crippen molar-refractivity contribution < 1.29 is 9.47 Å². The molecule has 0 atom stereocenters. The van der Waals surface area contributed by atoms with Crippen LogP contribution in [-0.4, -0.2) is 44.6 Å². The van der Waals surface area contributed by atoms with Gasteiger partial charge in [-0.25, -0.2) is 20.8 Å². The van der Waals surface area contributed by atoms with E-state index in [9.17, 15) is 0 Å². The Morgan fingerprint density at radius 1 is 1.09 bits per heavy atom. The van der Waals surface area contributed by atoms with Gasteiger partial charge in [-0.05, 0) is 44.7 Å². The highest BCUT2D eigenvalue weighted by Crippen LogP contribution is 2.25. The lowest BCUT2D eigenvalue weighted by Gasteiger charge is -2.23. The van der Waals surface area contributed by atoms with Crippen molar-refractivity contribution in [2.45, 2.75) is 45.1 Å². The zero-order valence-corrected chi connectivity index (χ0v) is 20.1. The van der Waals surface area contributed by atoms with Crippen molar-refractivity contribution in [3.63, 3.8) is 0 Å². The van der Waals surface area contributed by atoms with Gasteiger partial charge in [0.1, 0.15) is 23.2 Å². The molecule has 1 fully saturated rings. The van der Waals surface area contributed by atoms with E-state index in [0.29, 0.717) is 46.2 Å². The third-order valence-corrected chi connectivity index (χ3v) is 5.75. The molecule has 1 saturated carbocycles. The van der Waals surface area contributed by atoms with Crippen molar-refractivity contribution in [1.29, 1.82) is 0 Å². The molecule has 10 heteroatoms. The first kappa shape index (κ1) is 24.2. The highest BCUT2D eigenvalue weighted by molar-refractivity contribution is 5.63. The molecule has 10 nitrogen and oxygen atoms in total. The first-order valence-electron chi connectivity index (χ1n) is 11.8. The molecule has 0 aliphatic heterocycles. The number of hydrogen-bond donors (Lipinski definition) is 3. The third kappa shape index (κ3) is 6.57. The Hall–Kier alpha value is -3.92. The van der Waals surface area contributed by atoms with Crippen LogP contribution in [0.3, 0.4) is 0 Å². The van der Waals surface area contributed by atoms with Crippen LogP contribution in [0.1, 0.15) is 43.5 Å². The van der Waals surface area contributed by atoms with Crippen LogP contribution in [0.4, 0.5) is 5.95 Å². The number of likely N-dealkylation sites (N-methyl/N-ethyl adjacent to an activating group) is 1. The Labute approximate surface area is 205 Å². The fourth-order valence-corrected chi connectivity index (χ4v) is 3.87. The van der Waals surface area contributed by atoms with E-state index >= 15 is 0 Å². The molecule has 0 spiro atoms. The summed E-state index contributed by atoms with van der Waals surface area (Å²) in [5, 5.41) is 4.59. The van der Waals surface area contributed by atoms with E-state index in [0.717, 1.165) is 12.8 Å². The number of nitrogens with one attached hydrogen (secondary N) is 1. The Balaban J connectivity index is 1.46. The molecule has 0 bridgehead atoms. The van der Waals surface area contributed by atoms with Crippen LogP contribution in [0.25, 0.3) is 5.70 Å².